The van der Waals surface area contributed by atoms with Crippen molar-refractivity contribution in [1.29, 1.82) is 0 Å². The topological polar surface area (TPSA) is 9.23 Å². The molecule has 0 heterocycles. The standard InChI is InChI=1S/C12H22O/c1-2-13-12-8-7-10-5-3-4-6-11(10)9-12/h10-12H,2-9H2,1H3. The predicted molar refractivity (Wildman–Crippen MR) is 54.7 cm³/mol. The lowest BCUT2D eigenvalue weighted by Gasteiger charge is -2.39. The van der Waals surface area contributed by atoms with E-state index in [2.05, 4.69) is 6.92 Å². The Balaban J connectivity index is 1.84. The van der Waals surface area contributed by atoms with E-state index in [4.69, 9.17) is 4.74 Å². The molecule has 1 heteroatoms. The van der Waals surface area contributed by atoms with Gasteiger partial charge in [-0.1, -0.05) is 25.7 Å². The summed E-state index contributed by atoms with van der Waals surface area (Å²) in [6.45, 7) is 3.02. The maximum atomic E-state index is 5.73. The molecule has 0 aromatic heterocycles. The number of ether oxygens (including phenoxy) is 1. The molecule has 2 aliphatic carbocycles. The van der Waals surface area contributed by atoms with Gasteiger partial charge in [0.05, 0.1) is 6.10 Å². The van der Waals surface area contributed by atoms with E-state index >= 15 is 0 Å². The van der Waals surface area contributed by atoms with E-state index in [1.807, 2.05) is 0 Å². The van der Waals surface area contributed by atoms with Crippen molar-refractivity contribution < 1.29 is 4.74 Å². The van der Waals surface area contributed by atoms with Gasteiger partial charge in [0.1, 0.15) is 0 Å². The fourth-order valence-corrected chi connectivity index (χ4v) is 3.22. The Morgan fingerprint density at radius 1 is 1.00 bits per heavy atom. The molecule has 0 N–H and O–H groups in total. The summed E-state index contributed by atoms with van der Waals surface area (Å²) >= 11 is 0. The van der Waals surface area contributed by atoms with Gasteiger partial charge in [0.2, 0.25) is 0 Å². The first kappa shape index (κ1) is 9.51. The summed E-state index contributed by atoms with van der Waals surface area (Å²) in [5.41, 5.74) is 0. The van der Waals surface area contributed by atoms with Crippen molar-refractivity contribution in [3.8, 4) is 0 Å². The second kappa shape index (κ2) is 4.45. The fourth-order valence-electron chi connectivity index (χ4n) is 3.22. The second-order valence-electron chi connectivity index (χ2n) is 4.70. The van der Waals surface area contributed by atoms with Crippen LogP contribution in [0.1, 0.15) is 51.9 Å². The molecule has 0 aromatic carbocycles. The molecule has 0 spiro atoms. The molecule has 3 atom stereocenters. The highest BCUT2D eigenvalue weighted by Gasteiger charge is 2.32. The molecule has 0 saturated heterocycles. The Morgan fingerprint density at radius 2 is 1.77 bits per heavy atom. The van der Waals surface area contributed by atoms with Crippen LogP contribution in [-0.2, 0) is 4.74 Å². The summed E-state index contributed by atoms with van der Waals surface area (Å²) in [5.74, 6) is 2.07. The third-order valence-corrected chi connectivity index (χ3v) is 3.89. The maximum absolute atomic E-state index is 5.73. The molecule has 0 aliphatic heterocycles. The molecule has 13 heavy (non-hydrogen) atoms. The molecule has 2 rings (SSSR count). The van der Waals surface area contributed by atoms with E-state index in [1.165, 1.54) is 44.9 Å². The van der Waals surface area contributed by atoms with Gasteiger partial charge in [0, 0.05) is 6.61 Å². The van der Waals surface area contributed by atoms with Gasteiger partial charge in [-0.15, -0.1) is 0 Å². The third-order valence-electron chi connectivity index (χ3n) is 3.89. The molecule has 76 valence electrons. The predicted octanol–water partition coefficient (Wildman–Crippen LogP) is 3.38. The van der Waals surface area contributed by atoms with E-state index in [0.29, 0.717) is 6.10 Å². The summed E-state index contributed by atoms with van der Waals surface area (Å²) < 4.78 is 5.73. The SMILES string of the molecule is CCOC1CCC2CCCCC2C1. The zero-order valence-electron chi connectivity index (χ0n) is 8.80. The Bertz CT molecular complexity index is 155. The van der Waals surface area contributed by atoms with Crippen molar-refractivity contribution in [3.63, 3.8) is 0 Å². The normalized spacial score (nSPS) is 39.9. The molecule has 2 aliphatic rings. The summed E-state index contributed by atoms with van der Waals surface area (Å²) in [4.78, 5) is 0. The lowest BCUT2D eigenvalue weighted by atomic mass is 9.70. The molecule has 1 nitrogen and oxygen atoms in total. The summed E-state index contributed by atoms with van der Waals surface area (Å²) in [7, 11) is 0. The van der Waals surface area contributed by atoms with Gasteiger partial charge in [-0.05, 0) is 38.0 Å². The minimum Gasteiger partial charge on any atom is -0.378 e. The van der Waals surface area contributed by atoms with Gasteiger partial charge >= 0.3 is 0 Å². The molecule has 0 aromatic rings. The summed E-state index contributed by atoms with van der Waals surface area (Å²) in [5, 5.41) is 0. The molecule has 0 radical (unpaired) electrons. The van der Waals surface area contributed by atoms with Crippen LogP contribution in [0.3, 0.4) is 0 Å². The van der Waals surface area contributed by atoms with Gasteiger partial charge in [0.15, 0.2) is 0 Å². The van der Waals surface area contributed by atoms with Crippen molar-refractivity contribution in [2.75, 3.05) is 6.61 Å². The van der Waals surface area contributed by atoms with Gasteiger partial charge in [-0.2, -0.15) is 0 Å². The lowest BCUT2D eigenvalue weighted by molar-refractivity contribution is -0.00711. The largest absolute Gasteiger partial charge is 0.378 e. The molecule has 0 amide bonds. The minimum absolute atomic E-state index is 0.601. The van der Waals surface area contributed by atoms with Crippen LogP contribution < -0.4 is 0 Å². The Morgan fingerprint density at radius 3 is 2.54 bits per heavy atom. The molecule has 2 fully saturated rings. The van der Waals surface area contributed by atoms with Crippen LogP contribution in [0.2, 0.25) is 0 Å². The highest BCUT2D eigenvalue weighted by Crippen LogP contribution is 2.41. The van der Waals surface area contributed by atoms with Crippen LogP contribution in [-0.4, -0.2) is 12.7 Å². The fraction of sp³-hybridized carbons (Fsp3) is 1.00. The van der Waals surface area contributed by atoms with Gasteiger partial charge in [0.25, 0.3) is 0 Å². The highest BCUT2D eigenvalue weighted by molar-refractivity contribution is 4.83. The van der Waals surface area contributed by atoms with E-state index in [-0.39, 0.29) is 0 Å². The molecule has 0 bridgehead atoms. The molecule has 2 saturated carbocycles. The number of hydrogen-bond acceptors (Lipinski definition) is 1. The number of fused-ring (bicyclic) bond motifs is 1. The molecular weight excluding hydrogens is 160 g/mol. The zero-order valence-corrected chi connectivity index (χ0v) is 8.80. The van der Waals surface area contributed by atoms with Crippen LogP contribution in [0.5, 0.6) is 0 Å². The monoisotopic (exact) mass is 182 g/mol. The first-order valence-electron chi connectivity index (χ1n) is 6.01. The minimum atomic E-state index is 0.601. The quantitative estimate of drug-likeness (QED) is 0.636. The van der Waals surface area contributed by atoms with Gasteiger partial charge < -0.3 is 4.74 Å². The van der Waals surface area contributed by atoms with Crippen LogP contribution in [0.15, 0.2) is 0 Å². The number of rotatable bonds is 2. The van der Waals surface area contributed by atoms with Gasteiger partial charge in [-0.3, -0.25) is 0 Å². The molecule has 3 unspecified atom stereocenters. The zero-order chi connectivity index (χ0) is 9.10. The molecular formula is C12H22O. The Labute approximate surface area is 81.9 Å². The average Bonchev–Trinajstić information content (AvgIpc) is 2.18. The lowest BCUT2D eigenvalue weighted by Crippen LogP contribution is -2.31. The van der Waals surface area contributed by atoms with Crippen LogP contribution in [0.25, 0.3) is 0 Å². The summed E-state index contributed by atoms with van der Waals surface area (Å²) in [6, 6.07) is 0. The maximum Gasteiger partial charge on any atom is 0.0577 e. The Kier molecular flexibility index (Phi) is 3.26. The average molecular weight is 182 g/mol. The van der Waals surface area contributed by atoms with Crippen molar-refractivity contribution in [3.05, 3.63) is 0 Å². The highest BCUT2D eigenvalue weighted by atomic mass is 16.5. The van der Waals surface area contributed by atoms with E-state index in [0.717, 1.165) is 18.4 Å². The van der Waals surface area contributed by atoms with Crippen molar-refractivity contribution in [2.24, 2.45) is 11.8 Å². The first-order chi connectivity index (χ1) is 6.40. The van der Waals surface area contributed by atoms with Gasteiger partial charge in [-0.25, -0.2) is 0 Å². The number of hydrogen-bond donors (Lipinski definition) is 0. The van der Waals surface area contributed by atoms with E-state index in [1.54, 1.807) is 0 Å². The third kappa shape index (κ3) is 2.25. The summed E-state index contributed by atoms with van der Waals surface area (Å²) in [6.07, 6.45) is 10.7. The van der Waals surface area contributed by atoms with E-state index < -0.39 is 0 Å². The Hall–Kier alpha value is -0.0400. The van der Waals surface area contributed by atoms with Crippen molar-refractivity contribution in [1.82, 2.24) is 0 Å². The van der Waals surface area contributed by atoms with Crippen molar-refractivity contribution in [2.45, 2.75) is 58.0 Å². The van der Waals surface area contributed by atoms with Crippen LogP contribution in [0.4, 0.5) is 0 Å². The smallest absolute Gasteiger partial charge is 0.0577 e. The van der Waals surface area contributed by atoms with Crippen LogP contribution >= 0.6 is 0 Å². The van der Waals surface area contributed by atoms with Crippen molar-refractivity contribution >= 4 is 0 Å². The first-order valence-corrected chi connectivity index (χ1v) is 6.01. The van der Waals surface area contributed by atoms with Crippen LogP contribution in [0, 0.1) is 11.8 Å². The second-order valence-corrected chi connectivity index (χ2v) is 4.70. The van der Waals surface area contributed by atoms with E-state index in [9.17, 15) is 0 Å².